The van der Waals surface area contributed by atoms with Gasteiger partial charge in [-0.1, -0.05) is 75.0 Å². The molecule has 178 valence electrons. The Bertz CT molecular complexity index is 1120. The number of carbonyl (C=O) groups is 1. The zero-order valence-electron chi connectivity index (χ0n) is 20.1. The Morgan fingerprint density at radius 1 is 0.941 bits per heavy atom. The number of nitrogens with zero attached hydrogens (tertiary/aromatic N) is 4. The van der Waals surface area contributed by atoms with E-state index in [1.165, 1.54) is 5.56 Å². The van der Waals surface area contributed by atoms with Gasteiger partial charge in [0.15, 0.2) is 5.16 Å². The van der Waals surface area contributed by atoms with Crippen LogP contribution in [0.2, 0.25) is 0 Å². The highest BCUT2D eigenvalue weighted by molar-refractivity contribution is 7.98. The van der Waals surface area contributed by atoms with Gasteiger partial charge in [-0.3, -0.25) is 4.90 Å². The van der Waals surface area contributed by atoms with Crippen molar-refractivity contribution in [2.75, 3.05) is 31.1 Å². The molecule has 7 heteroatoms. The summed E-state index contributed by atoms with van der Waals surface area (Å²) in [6.07, 6.45) is 0. The minimum absolute atomic E-state index is 0.0919. The molecular weight excluding hydrogens is 444 g/mol. The van der Waals surface area contributed by atoms with Crippen molar-refractivity contribution in [2.24, 2.45) is 0 Å². The van der Waals surface area contributed by atoms with Crippen LogP contribution in [0.5, 0.6) is 0 Å². The standard InChI is InChI=1S/C27H32N4O2S/c1-27(2,3)23-17-24(31-14-12-30(13-15-31)18-20-8-5-4-6-9-20)29-26(28-23)34-19-21-10-7-11-22(16-21)25(32)33/h4-11,16-17H,12-15,18-19H2,1-3H3,(H,32,33). The minimum atomic E-state index is -0.911. The lowest BCUT2D eigenvalue weighted by atomic mass is 9.92. The molecule has 1 saturated heterocycles. The zero-order chi connectivity index (χ0) is 24.1. The molecule has 4 rings (SSSR count). The van der Waals surface area contributed by atoms with Crippen LogP contribution in [-0.4, -0.2) is 52.1 Å². The molecule has 2 heterocycles. The molecular formula is C27H32N4O2S. The molecule has 1 N–H and O–H groups in total. The first kappa shape index (κ1) is 24.2. The molecule has 1 aliphatic heterocycles. The summed E-state index contributed by atoms with van der Waals surface area (Å²) in [5, 5.41) is 9.99. The van der Waals surface area contributed by atoms with Gasteiger partial charge in [-0.25, -0.2) is 14.8 Å². The third kappa shape index (κ3) is 6.36. The summed E-state index contributed by atoms with van der Waals surface area (Å²) in [4.78, 5) is 25.9. The lowest BCUT2D eigenvalue weighted by Gasteiger charge is -2.36. The normalized spacial score (nSPS) is 14.9. The maximum Gasteiger partial charge on any atom is 0.335 e. The van der Waals surface area contributed by atoms with Crippen LogP contribution < -0.4 is 4.90 Å². The molecule has 0 aliphatic carbocycles. The van der Waals surface area contributed by atoms with Crippen molar-refractivity contribution in [3.05, 3.63) is 83.0 Å². The van der Waals surface area contributed by atoms with Crippen LogP contribution in [-0.2, 0) is 17.7 Å². The van der Waals surface area contributed by atoms with Gasteiger partial charge >= 0.3 is 5.97 Å². The third-order valence-corrected chi connectivity index (χ3v) is 6.87. The summed E-state index contributed by atoms with van der Waals surface area (Å²) in [7, 11) is 0. The highest BCUT2D eigenvalue weighted by Gasteiger charge is 2.23. The summed E-state index contributed by atoms with van der Waals surface area (Å²) in [6.45, 7) is 11.3. The fraction of sp³-hybridized carbons (Fsp3) is 0.370. The van der Waals surface area contributed by atoms with Crippen LogP contribution in [0.3, 0.4) is 0 Å². The zero-order valence-corrected chi connectivity index (χ0v) is 20.9. The van der Waals surface area contributed by atoms with Gasteiger partial charge in [-0.2, -0.15) is 0 Å². The number of rotatable bonds is 7. The number of benzene rings is 2. The Hall–Kier alpha value is -2.90. The average molecular weight is 477 g/mol. The maximum absolute atomic E-state index is 11.3. The van der Waals surface area contributed by atoms with Crippen molar-refractivity contribution >= 4 is 23.5 Å². The molecule has 3 aromatic rings. The first-order valence-corrected chi connectivity index (χ1v) is 12.6. The summed E-state index contributed by atoms with van der Waals surface area (Å²) in [5.74, 6) is 0.687. The van der Waals surface area contributed by atoms with Crippen molar-refractivity contribution in [1.82, 2.24) is 14.9 Å². The molecule has 0 bridgehead atoms. The lowest BCUT2D eigenvalue weighted by molar-refractivity contribution is 0.0696. The Morgan fingerprint density at radius 2 is 1.65 bits per heavy atom. The van der Waals surface area contributed by atoms with E-state index in [1.807, 2.05) is 6.07 Å². The maximum atomic E-state index is 11.3. The van der Waals surface area contributed by atoms with Crippen LogP contribution in [0.25, 0.3) is 0 Å². The average Bonchev–Trinajstić information content (AvgIpc) is 2.83. The minimum Gasteiger partial charge on any atom is -0.478 e. The second kappa shape index (κ2) is 10.6. The van der Waals surface area contributed by atoms with Crippen LogP contribution in [0.1, 0.15) is 48.0 Å². The quantitative estimate of drug-likeness (QED) is 0.376. The topological polar surface area (TPSA) is 69.6 Å². The van der Waals surface area contributed by atoms with E-state index in [1.54, 1.807) is 30.0 Å². The Kier molecular flexibility index (Phi) is 7.54. The SMILES string of the molecule is CC(C)(C)c1cc(N2CCN(Cc3ccccc3)CC2)nc(SCc2cccc(C(=O)O)c2)n1. The Labute approximate surface area is 206 Å². The van der Waals surface area contributed by atoms with E-state index in [-0.39, 0.29) is 5.41 Å². The van der Waals surface area contributed by atoms with Gasteiger partial charge < -0.3 is 10.0 Å². The van der Waals surface area contributed by atoms with E-state index < -0.39 is 5.97 Å². The van der Waals surface area contributed by atoms with E-state index in [0.717, 1.165) is 55.0 Å². The number of hydrogen-bond acceptors (Lipinski definition) is 6. The van der Waals surface area contributed by atoms with E-state index in [4.69, 9.17) is 9.97 Å². The van der Waals surface area contributed by atoms with Crippen molar-refractivity contribution < 1.29 is 9.90 Å². The molecule has 0 radical (unpaired) electrons. The smallest absolute Gasteiger partial charge is 0.335 e. The fourth-order valence-corrected chi connectivity index (χ4v) is 4.74. The van der Waals surface area contributed by atoms with Crippen LogP contribution in [0.4, 0.5) is 5.82 Å². The highest BCUT2D eigenvalue weighted by atomic mass is 32.2. The molecule has 0 atom stereocenters. The molecule has 1 aromatic heterocycles. The Morgan fingerprint density at radius 3 is 2.32 bits per heavy atom. The monoisotopic (exact) mass is 476 g/mol. The van der Waals surface area contributed by atoms with Gasteiger partial charge in [0.2, 0.25) is 0 Å². The molecule has 0 unspecified atom stereocenters. The second-order valence-corrected chi connectivity index (χ2v) is 10.6. The number of aromatic carboxylic acids is 1. The fourth-order valence-electron chi connectivity index (χ4n) is 3.94. The lowest BCUT2D eigenvalue weighted by Crippen LogP contribution is -2.46. The molecule has 2 aromatic carbocycles. The van der Waals surface area contributed by atoms with Gasteiger partial charge in [-0.15, -0.1) is 0 Å². The number of piperazine rings is 1. The van der Waals surface area contributed by atoms with E-state index >= 15 is 0 Å². The van der Waals surface area contributed by atoms with Crippen molar-refractivity contribution in [3.63, 3.8) is 0 Å². The molecule has 0 spiro atoms. The van der Waals surface area contributed by atoms with Gasteiger partial charge in [0, 0.05) is 50.0 Å². The van der Waals surface area contributed by atoms with Crippen LogP contribution in [0, 0.1) is 0 Å². The van der Waals surface area contributed by atoms with Gasteiger partial charge in [0.1, 0.15) is 5.82 Å². The largest absolute Gasteiger partial charge is 0.478 e. The molecule has 1 aliphatic rings. The molecule has 0 saturated carbocycles. The van der Waals surface area contributed by atoms with Gasteiger partial charge in [0.05, 0.1) is 11.3 Å². The van der Waals surface area contributed by atoms with Crippen molar-refractivity contribution in [3.8, 4) is 0 Å². The number of carboxylic acids is 1. The summed E-state index contributed by atoms with van der Waals surface area (Å²) in [6, 6.07) is 19.8. The van der Waals surface area contributed by atoms with Gasteiger partial charge in [0.25, 0.3) is 0 Å². The summed E-state index contributed by atoms with van der Waals surface area (Å²) in [5.41, 5.74) is 3.53. The number of anilines is 1. The van der Waals surface area contributed by atoms with Gasteiger partial charge in [-0.05, 0) is 23.3 Å². The number of hydrogen-bond donors (Lipinski definition) is 1. The number of carboxylic acid groups (broad SMARTS) is 1. The molecule has 0 amide bonds. The summed E-state index contributed by atoms with van der Waals surface area (Å²) >= 11 is 1.55. The Balaban J connectivity index is 1.46. The summed E-state index contributed by atoms with van der Waals surface area (Å²) < 4.78 is 0. The van der Waals surface area contributed by atoms with Crippen LogP contribution >= 0.6 is 11.8 Å². The molecule has 6 nitrogen and oxygen atoms in total. The van der Waals surface area contributed by atoms with Crippen molar-refractivity contribution in [2.45, 2.75) is 43.6 Å². The predicted molar refractivity (Wildman–Crippen MR) is 138 cm³/mol. The van der Waals surface area contributed by atoms with E-state index in [2.05, 4.69) is 67.0 Å². The second-order valence-electron chi connectivity index (χ2n) is 9.69. The third-order valence-electron chi connectivity index (χ3n) is 5.95. The highest BCUT2D eigenvalue weighted by Crippen LogP contribution is 2.29. The first-order valence-electron chi connectivity index (χ1n) is 11.6. The number of aromatic nitrogens is 2. The predicted octanol–water partition coefficient (Wildman–Crippen LogP) is 5.09. The van der Waals surface area contributed by atoms with E-state index in [0.29, 0.717) is 11.3 Å². The van der Waals surface area contributed by atoms with E-state index in [9.17, 15) is 9.90 Å². The molecule has 1 fully saturated rings. The van der Waals surface area contributed by atoms with Crippen molar-refractivity contribution in [1.29, 1.82) is 0 Å². The number of thioether (sulfide) groups is 1. The van der Waals surface area contributed by atoms with Crippen LogP contribution in [0.15, 0.2) is 65.8 Å². The first-order chi connectivity index (χ1) is 16.3. The molecule has 34 heavy (non-hydrogen) atoms.